The summed E-state index contributed by atoms with van der Waals surface area (Å²) < 4.78 is 0. The van der Waals surface area contributed by atoms with Gasteiger partial charge in [-0.15, -0.1) is 10.6 Å². The minimum absolute atomic E-state index is 0.805. The van der Waals surface area contributed by atoms with Crippen molar-refractivity contribution in [3.8, 4) is 0 Å². The van der Waals surface area contributed by atoms with Crippen LogP contribution in [0.5, 0.6) is 0 Å². The van der Waals surface area contributed by atoms with Gasteiger partial charge in [-0.3, -0.25) is 0 Å². The van der Waals surface area contributed by atoms with Crippen molar-refractivity contribution in [2.45, 2.75) is 94.9 Å². The van der Waals surface area contributed by atoms with Crippen molar-refractivity contribution in [1.82, 2.24) is 0 Å². The van der Waals surface area contributed by atoms with Crippen LogP contribution in [0.3, 0.4) is 0 Å². The van der Waals surface area contributed by atoms with Crippen molar-refractivity contribution >= 4 is 31.5 Å². The van der Waals surface area contributed by atoms with Gasteiger partial charge in [0.15, 0.2) is 15.2 Å². The lowest BCUT2D eigenvalue weighted by molar-refractivity contribution is 0.689. The molecule has 0 fully saturated rings. The summed E-state index contributed by atoms with van der Waals surface area (Å²) >= 11 is 2.18. The molecule has 0 heterocycles. The molecular formula is C16H37Al2. The Bertz CT molecular complexity index is 114. The van der Waals surface area contributed by atoms with Crippen LogP contribution in [0.1, 0.15) is 79.1 Å². The fourth-order valence-electron chi connectivity index (χ4n) is 1.58. The van der Waals surface area contributed by atoms with Gasteiger partial charge < -0.3 is 0 Å². The second kappa shape index (κ2) is 20.4. The fourth-order valence-corrected chi connectivity index (χ4v) is 3.02. The highest BCUT2D eigenvalue weighted by Gasteiger charge is 1.93. The predicted octanol–water partition coefficient (Wildman–Crippen LogP) is 5.38. The predicted molar refractivity (Wildman–Crippen MR) is 91.8 cm³/mol. The first-order valence-corrected chi connectivity index (χ1v) is 11.5. The zero-order valence-electron chi connectivity index (χ0n) is 13.9. The third kappa shape index (κ3) is 25.8. The van der Waals surface area contributed by atoms with Gasteiger partial charge in [0.2, 0.25) is 16.3 Å². The van der Waals surface area contributed by atoms with Gasteiger partial charge in [-0.1, -0.05) is 90.3 Å². The molecule has 0 saturated heterocycles. The molecule has 0 amide bonds. The Morgan fingerprint density at radius 1 is 0.778 bits per heavy atom. The lowest BCUT2D eigenvalue weighted by atomic mass is 10.2. The zero-order valence-corrected chi connectivity index (χ0v) is 17.1. The van der Waals surface area contributed by atoms with Gasteiger partial charge in [0, 0.05) is 0 Å². The summed E-state index contributed by atoms with van der Waals surface area (Å²) in [5.41, 5.74) is 0. The van der Waals surface area contributed by atoms with Crippen LogP contribution in [0.2, 0.25) is 15.8 Å². The number of hydrogen-bond donors (Lipinski definition) is 0. The van der Waals surface area contributed by atoms with Crippen LogP contribution in [-0.2, 0) is 0 Å². The molecule has 0 aliphatic carbocycles. The molecule has 2 heteroatoms. The van der Waals surface area contributed by atoms with E-state index in [1.165, 1.54) is 72.9 Å². The van der Waals surface area contributed by atoms with Crippen molar-refractivity contribution < 1.29 is 0 Å². The SMILES string of the molecule is CC(C)[CH2][AlH2].CCCCC[CH2][Al][CH2]CCCCC. The van der Waals surface area contributed by atoms with Gasteiger partial charge in [0.25, 0.3) is 0 Å². The first-order valence-electron chi connectivity index (χ1n) is 8.50. The summed E-state index contributed by atoms with van der Waals surface area (Å²) in [5, 5.41) is 4.57. The summed E-state index contributed by atoms with van der Waals surface area (Å²) in [6.45, 7) is 9.09. The smallest absolute Gasteiger partial charge is 0.104 e. The molecule has 0 aromatic carbocycles. The average Bonchev–Trinajstić information content (AvgIpc) is 2.37. The van der Waals surface area contributed by atoms with Gasteiger partial charge in [-0.2, -0.15) is 0 Å². The van der Waals surface area contributed by atoms with Gasteiger partial charge in [-0.25, -0.2) is 0 Å². The third-order valence-corrected chi connectivity index (χ3v) is 6.61. The molecule has 0 aliphatic heterocycles. The third-order valence-electron chi connectivity index (χ3n) is 3.34. The van der Waals surface area contributed by atoms with E-state index in [0.29, 0.717) is 0 Å². The maximum Gasteiger partial charge on any atom is 0.212 e. The molecule has 1 radical (unpaired) electrons. The van der Waals surface area contributed by atoms with Crippen molar-refractivity contribution in [3.05, 3.63) is 0 Å². The van der Waals surface area contributed by atoms with Crippen molar-refractivity contribution in [3.63, 3.8) is 0 Å². The zero-order chi connectivity index (χ0) is 14.1. The van der Waals surface area contributed by atoms with Crippen LogP contribution >= 0.6 is 0 Å². The Labute approximate surface area is 132 Å². The maximum absolute atomic E-state index is 2.29. The summed E-state index contributed by atoms with van der Waals surface area (Å²) in [6, 6.07) is 0. The van der Waals surface area contributed by atoms with E-state index < -0.39 is 0 Å². The first kappa shape index (κ1) is 21.4. The van der Waals surface area contributed by atoms with Crippen molar-refractivity contribution in [1.29, 1.82) is 0 Å². The summed E-state index contributed by atoms with van der Waals surface area (Å²) in [7, 11) is 0. The molecule has 0 bridgehead atoms. The molecule has 0 aromatic rings. The molecular weight excluding hydrogens is 246 g/mol. The minimum atomic E-state index is 0.805. The maximum atomic E-state index is 2.29. The topological polar surface area (TPSA) is 0 Å². The molecule has 0 unspecified atom stereocenters. The average molecular weight is 283 g/mol. The summed E-state index contributed by atoms with van der Waals surface area (Å²) in [5.74, 6) is 0.946. The summed E-state index contributed by atoms with van der Waals surface area (Å²) in [6.07, 6.45) is 11.7. The van der Waals surface area contributed by atoms with Crippen molar-refractivity contribution in [2.75, 3.05) is 0 Å². The molecule has 0 atom stereocenters. The van der Waals surface area contributed by atoms with Crippen LogP contribution in [0.4, 0.5) is 0 Å². The first-order chi connectivity index (χ1) is 8.68. The van der Waals surface area contributed by atoms with Crippen LogP contribution < -0.4 is 0 Å². The fraction of sp³-hybridized carbons (Fsp3) is 1.00. The van der Waals surface area contributed by atoms with Gasteiger partial charge in [0.1, 0.15) is 0 Å². The van der Waals surface area contributed by atoms with Crippen LogP contribution in [0, 0.1) is 5.92 Å². The number of hydrogen-bond acceptors (Lipinski definition) is 0. The Morgan fingerprint density at radius 3 is 1.44 bits per heavy atom. The second-order valence-corrected chi connectivity index (χ2v) is 8.34. The van der Waals surface area contributed by atoms with Gasteiger partial charge in [-0.05, 0) is 0 Å². The normalized spacial score (nSPS) is 10.1. The highest BCUT2D eigenvalue weighted by molar-refractivity contribution is 6.35. The van der Waals surface area contributed by atoms with Crippen LogP contribution in [0.25, 0.3) is 0 Å². The molecule has 18 heavy (non-hydrogen) atoms. The Morgan fingerprint density at radius 2 is 1.17 bits per heavy atom. The molecule has 0 aromatic heterocycles. The van der Waals surface area contributed by atoms with Crippen molar-refractivity contribution in [2.24, 2.45) is 5.92 Å². The van der Waals surface area contributed by atoms with Crippen LogP contribution in [0.15, 0.2) is 0 Å². The molecule has 0 saturated carbocycles. The highest BCUT2D eigenvalue weighted by Crippen LogP contribution is 2.07. The van der Waals surface area contributed by atoms with E-state index in [1.54, 1.807) is 10.6 Å². The lowest BCUT2D eigenvalue weighted by Gasteiger charge is -1.99. The van der Waals surface area contributed by atoms with E-state index in [2.05, 4.69) is 27.7 Å². The summed E-state index contributed by atoms with van der Waals surface area (Å²) in [4.78, 5) is 0. The monoisotopic (exact) mass is 283 g/mol. The van der Waals surface area contributed by atoms with E-state index in [0.717, 1.165) is 21.1 Å². The number of rotatable bonds is 11. The molecule has 0 spiro atoms. The molecule has 0 aliphatic rings. The lowest BCUT2D eigenvalue weighted by Crippen LogP contribution is -1.89. The van der Waals surface area contributed by atoms with E-state index in [4.69, 9.17) is 0 Å². The largest absolute Gasteiger partial charge is 0.212 e. The van der Waals surface area contributed by atoms with E-state index in [-0.39, 0.29) is 0 Å². The molecule has 0 N–H and O–H groups in total. The van der Waals surface area contributed by atoms with Gasteiger partial charge >= 0.3 is 0 Å². The van der Waals surface area contributed by atoms with E-state index in [1.807, 2.05) is 0 Å². The molecule has 0 nitrogen and oxygen atoms in total. The number of unbranched alkanes of at least 4 members (excludes halogenated alkanes) is 6. The van der Waals surface area contributed by atoms with E-state index in [9.17, 15) is 0 Å². The van der Waals surface area contributed by atoms with E-state index >= 15 is 0 Å². The second-order valence-electron chi connectivity index (χ2n) is 5.79. The Kier molecular flexibility index (Phi) is 24.2. The standard InChI is InChI=1S/2C6H13.C4H9.2Al.2H/c2*1-3-5-6-4-2;1-4(2)3;;;;/h2*1,3-6H2,2H3;4H,1H2,2-3H3;;;;. The molecule has 107 valence electrons. The minimum Gasteiger partial charge on any atom is -0.104 e. The molecule has 0 rings (SSSR count). The highest BCUT2D eigenvalue weighted by atomic mass is 27.1. The quantitative estimate of drug-likeness (QED) is 0.353. The Balaban J connectivity index is 0. The Hall–Kier alpha value is 1.06. The van der Waals surface area contributed by atoms with Crippen LogP contribution in [-0.4, -0.2) is 31.5 Å². The van der Waals surface area contributed by atoms with Gasteiger partial charge in [0.05, 0.1) is 0 Å².